The van der Waals surface area contributed by atoms with E-state index in [9.17, 15) is 19.3 Å². The first-order chi connectivity index (χ1) is 11.4. The van der Waals surface area contributed by atoms with Crippen molar-refractivity contribution in [2.24, 2.45) is 0 Å². The zero-order chi connectivity index (χ0) is 17.7. The summed E-state index contributed by atoms with van der Waals surface area (Å²) in [6.45, 7) is 3.51. The number of non-ortho nitro benzene ring substituents is 1. The highest BCUT2D eigenvalue weighted by Gasteiger charge is 2.20. The SMILES string of the molecule is CCC(Oc1ccc(F)cc1)C(=O)Nc1cc([N+](=O)[O-])ccc1C. The first-order valence-electron chi connectivity index (χ1n) is 7.39. The number of halogens is 1. The highest BCUT2D eigenvalue weighted by Crippen LogP contribution is 2.23. The van der Waals surface area contributed by atoms with Crippen molar-refractivity contribution in [1.29, 1.82) is 0 Å². The van der Waals surface area contributed by atoms with Crippen molar-refractivity contribution in [3.8, 4) is 5.75 Å². The van der Waals surface area contributed by atoms with E-state index in [0.29, 0.717) is 23.4 Å². The normalized spacial score (nSPS) is 11.6. The molecule has 0 aliphatic heterocycles. The molecule has 2 rings (SSSR count). The number of anilines is 1. The molecule has 7 heteroatoms. The predicted octanol–water partition coefficient (Wildman–Crippen LogP) is 3.84. The molecule has 0 bridgehead atoms. The van der Waals surface area contributed by atoms with Gasteiger partial charge in [-0.3, -0.25) is 14.9 Å². The lowest BCUT2D eigenvalue weighted by Gasteiger charge is -2.18. The van der Waals surface area contributed by atoms with Gasteiger partial charge >= 0.3 is 0 Å². The van der Waals surface area contributed by atoms with E-state index in [4.69, 9.17) is 4.74 Å². The Morgan fingerprint density at radius 1 is 1.29 bits per heavy atom. The Hall–Kier alpha value is -2.96. The maximum absolute atomic E-state index is 12.9. The monoisotopic (exact) mass is 332 g/mol. The summed E-state index contributed by atoms with van der Waals surface area (Å²) in [6, 6.07) is 9.59. The number of carbonyl (C=O) groups is 1. The molecule has 1 N–H and O–H groups in total. The van der Waals surface area contributed by atoms with E-state index >= 15 is 0 Å². The van der Waals surface area contributed by atoms with Crippen molar-refractivity contribution < 1.29 is 18.8 Å². The molecule has 0 saturated heterocycles. The van der Waals surface area contributed by atoms with E-state index < -0.39 is 22.8 Å². The van der Waals surface area contributed by atoms with Crippen molar-refractivity contribution in [1.82, 2.24) is 0 Å². The third kappa shape index (κ3) is 4.28. The van der Waals surface area contributed by atoms with Gasteiger partial charge in [-0.15, -0.1) is 0 Å². The molecule has 0 heterocycles. The zero-order valence-electron chi connectivity index (χ0n) is 13.3. The number of nitrogens with one attached hydrogen (secondary N) is 1. The highest BCUT2D eigenvalue weighted by molar-refractivity contribution is 5.95. The van der Waals surface area contributed by atoms with Crippen molar-refractivity contribution in [2.45, 2.75) is 26.4 Å². The zero-order valence-corrected chi connectivity index (χ0v) is 13.3. The Kier molecular flexibility index (Phi) is 5.47. The fourth-order valence-corrected chi connectivity index (χ4v) is 2.07. The summed E-state index contributed by atoms with van der Waals surface area (Å²) in [6.07, 6.45) is -0.411. The quantitative estimate of drug-likeness (QED) is 0.644. The predicted molar refractivity (Wildman–Crippen MR) is 87.6 cm³/mol. The standard InChI is InChI=1S/C17H17FN2O4/c1-3-16(24-14-8-5-12(18)6-9-14)17(21)19-15-10-13(20(22)23)7-4-11(15)2/h4-10,16H,3H2,1-2H3,(H,19,21). The number of hydrogen-bond acceptors (Lipinski definition) is 4. The number of ether oxygens (including phenoxy) is 1. The molecule has 2 aromatic rings. The Labute approximate surface area is 138 Å². The summed E-state index contributed by atoms with van der Waals surface area (Å²) in [5.41, 5.74) is 0.948. The fourth-order valence-electron chi connectivity index (χ4n) is 2.07. The van der Waals surface area contributed by atoms with Crippen LogP contribution in [0.3, 0.4) is 0 Å². The van der Waals surface area contributed by atoms with Crippen molar-refractivity contribution in [3.63, 3.8) is 0 Å². The lowest BCUT2D eigenvalue weighted by Crippen LogP contribution is -2.32. The summed E-state index contributed by atoms with van der Waals surface area (Å²) in [7, 11) is 0. The third-order valence-corrected chi connectivity index (χ3v) is 3.45. The van der Waals surface area contributed by atoms with Crippen LogP contribution in [-0.4, -0.2) is 16.9 Å². The van der Waals surface area contributed by atoms with Crippen LogP contribution in [0.5, 0.6) is 5.75 Å². The van der Waals surface area contributed by atoms with Crippen LogP contribution in [0.25, 0.3) is 0 Å². The molecule has 0 saturated carbocycles. The summed E-state index contributed by atoms with van der Waals surface area (Å²) < 4.78 is 18.5. The van der Waals surface area contributed by atoms with Crippen molar-refractivity contribution in [3.05, 3.63) is 64.0 Å². The van der Waals surface area contributed by atoms with Crippen LogP contribution in [0.15, 0.2) is 42.5 Å². The number of aryl methyl sites for hydroxylation is 1. The maximum atomic E-state index is 12.9. The molecular weight excluding hydrogens is 315 g/mol. The van der Waals surface area contributed by atoms with E-state index in [2.05, 4.69) is 5.32 Å². The molecule has 0 spiro atoms. The molecule has 0 radical (unpaired) electrons. The minimum Gasteiger partial charge on any atom is -0.481 e. The molecule has 6 nitrogen and oxygen atoms in total. The second-order valence-corrected chi connectivity index (χ2v) is 5.21. The van der Waals surface area contributed by atoms with E-state index in [1.807, 2.05) is 0 Å². The first-order valence-corrected chi connectivity index (χ1v) is 7.39. The number of hydrogen-bond donors (Lipinski definition) is 1. The van der Waals surface area contributed by atoms with Gasteiger partial charge in [0.15, 0.2) is 6.10 Å². The average Bonchev–Trinajstić information content (AvgIpc) is 2.56. The van der Waals surface area contributed by atoms with Crippen LogP contribution in [0.2, 0.25) is 0 Å². The van der Waals surface area contributed by atoms with Crippen molar-refractivity contribution in [2.75, 3.05) is 5.32 Å². The number of rotatable bonds is 6. The van der Waals surface area contributed by atoms with Gasteiger partial charge in [0.2, 0.25) is 0 Å². The highest BCUT2D eigenvalue weighted by atomic mass is 19.1. The van der Waals surface area contributed by atoms with Gasteiger partial charge in [-0.1, -0.05) is 13.0 Å². The van der Waals surface area contributed by atoms with Crippen LogP contribution in [0, 0.1) is 22.9 Å². The lowest BCUT2D eigenvalue weighted by atomic mass is 10.1. The van der Waals surface area contributed by atoms with Crippen LogP contribution in [-0.2, 0) is 4.79 Å². The molecule has 1 unspecified atom stereocenters. The minimum absolute atomic E-state index is 0.108. The number of carbonyl (C=O) groups excluding carboxylic acids is 1. The molecule has 2 aromatic carbocycles. The molecule has 0 aliphatic carbocycles. The molecule has 0 aromatic heterocycles. The average molecular weight is 332 g/mol. The summed E-state index contributed by atoms with van der Waals surface area (Å²) in [5, 5.41) is 13.5. The van der Waals surface area contributed by atoms with Crippen molar-refractivity contribution >= 4 is 17.3 Å². The molecule has 126 valence electrons. The van der Waals surface area contributed by atoms with E-state index in [0.717, 1.165) is 0 Å². The minimum atomic E-state index is -0.797. The van der Waals surface area contributed by atoms with Crippen LogP contribution in [0.4, 0.5) is 15.8 Å². The van der Waals surface area contributed by atoms with Gasteiger partial charge in [0.25, 0.3) is 11.6 Å². The molecule has 1 atom stereocenters. The number of amides is 1. The Morgan fingerprint density at radius 2 is 1.96 bits per heavy atom. The van der Waals surface area contributed by atoms with E-state index in [-0.39, 0.29) is 5.69 Å². The first kappa shape index (κ1) is 17.4. The maximum Gasteiger partial charge on any atom is 0.271 e. The second kappa shape index (κ2) is 7.54. The number of nitro groups is 1. The topological polar surface area (TPSA) is 81.5 Å². The lowest BCUT2D eigenvalue weighted by molar-refractivity contribution is -0.384. The van der Waals surface area contributed by atoms with Crippen LogP contribution in [0.1, 0.15) is 18.9 Å². The van der Waals surface area contributed by atoms with Gasteiger partial charge in [0.1, 0.15) is 11.6 Å². The summed E-state index contributed by atoms with van der Waals surface area (Å²) >= 11 is 0. The van der Waals surface area contributed by atoms with Crippen LogP contribution < -0.4 is 10.1 Å². The second-order valence-electron chi connectivity index (χ2n) is 5.21. The number of nitrogens with zero attached hydrogens (tertiary/aromatic N) is 1. The number of nitro benzene ring substituents is 1. The van der Waals surface area contributed by atoms with Gasteiger partial charge in [0, 0.05) is 12.1 Å². The molecular formula is C17H17FN2O4. The Bertz CT molecular complexity index is 747. The smallest absolute Gasteiger partial charge is 0.271 e. The molecule has 0 fully saturated rings. The van der Waals surface area contributed by atoms with Gasteiger partial charge in [-0.05, 0) is 43.2 Å². The van der Waals surface area contributed by atoms with Gasteiger partial charge in [-0.2, -0.15) is 0 Å². The largest absolute Gasteiger partial charge is 0.481 e. The molecule has 0 aliphatic rings. The molecule has 24 heavy (non-hydrogen) atoms. The van der Waals surface area contributed by atoms with Crippen LogP contribution >= 0.6 is 0 Å². The van der Waals surface area contributed by atoms with Gasteiger partial charge < -0.3 is 10.1 Å². The summed E-state index contributed by atoms with van der Waals surface area (Å²) in [5.74, 6) is -0.452. The Morgan fingerprint density at radius 3 is 2.54 bits per heavy atom. The van der Waals surface area contributed by atoms with E-state index in [1.54, 1.807) is 19.9 Å². The van der Waals surface area contributed by atoms with E-state index in [1.165, 1.54) is 36.4 Å². The van der Waals surface area contributed by atoms with Gasteiger partial charge in [0.05, 0.1) is 10.6 Å². The van der Waals surface area contributed by atoms with Gasteiger partial charge in [-0.25, -0.2) is 4.39 Å². The fraction of sp³-hybridized carbons (Fsp3) is 0.235. The molecule has 1 amide bonds. The Balaban J connectivity index is 2.13. The summed E-state index contributed by atoms with van der Waals surface area (Å²) in [4.78, 5) is 22.7. The third-order valence-electron chi connectivity index (χ3n) is 3.45. The number of benzene rings is 2.